The molecule has 2 aromatic rings. The zero-order valence-electron chi connectivity index (χ0n) is 8.50. The highest BCUT2D eigenvalue weighted by Gasteiger charge is 2.19. The lowest BCUT2D eigenvalue weighted by Crippen LogP contribution is -2.01. The monoisotopic (exact) mass is 250 g/mol. The fourth-order valence-electron chi connectivity index (χ4n) is 1.37. The minimum atomic E-state index is -0.571. The number of aromatic nitrogens is 2. The molecule has 0 radical (unpaired) electrons. The number of anilines is 1. The maximum Gasteiger partial charge on any atom is 0.313 e. The van der Waals surface area contributed by atoms with Crippen molar-refractivity contribution in [2.75, 3.05) is 5.73 Å². The first-order valence-electron chi connectivity index (χ1n) is 4.61. The lowest BCUT2D eigenvalue weighted by atomic mass is 10.1. The number of benzene rings is 1. The Balaban J connectivity index is 2.70. The van der Waals surface area contributed by atoms with Crippen molar-refractivity contribution in [3.05, 3.63) is 45.6 Å². The van der Waals surface area contributed by atoms with E-state index in [-0.39, 0.29) is 17.3 Å². The Morgan fingerprint density at radius 1 is 1.35 bits per heavy atom. The molecule has 1 aromatic heterocycles. The van der Waals surface area contributed by atoms with Gasteiger partial charge in [0.15, 0.2) is 5.69 Å². The summed E-state index contributed by atoms with van der Waals surface area (Å²) in [7, 11) is 0. The molecule has 2 N–H and O–H groups in total. The van der Waals surface area contributed by atoms with Gasteiger partial charge in [-0.15, -0.1) is 0 Å². The van der Waals surface area contributed by atoms with Crippen molar-refractivity contribution in [1.82, 2.24) is 9.97 Å². The molecule has 7 heteroatoms. The average Bonchev–Trinajstić information content (AvgIpc) is 2.29. The van der Waals surface area contributed by atoms with E-state index in [1.54, 1.807) is 24.3 Å². The molecule has 2 rings (SSSR count). The summed E-state index contributed by atoms with van der Waals surface area (Å²) in [6.45, 7) is 0. The van der Waals surface area contributed by atoms with E-state index in [2.05, 4.69) is 9.97 Å². The molecular formula is C10H7ClN4O2. The summed E-state index contributed by atoms with van der Waals surface area (Å²) < 4.78 is 0. The van der Waals surface area contributed by atoms with Gasteiger partial charge in [0.2, 0.25) is 5.95 Å². The lowest BCUT2D eigenvalue weighted by Gasteiger charge is -2.04. The molecule has 1 aromatic carbocycles. The van der Waals surface area contributed by atoms with E-state index in [4.69, 9.17) is 17.3 Å². The highest BCUT2D eigenvalue weighted by molar-refractivity contribution is 6.33. The Morgan fingerprint density at radius 3 is 2.71 bits per heavy atom. The average molecular weight is 251 g/mol. The predicted octanol–water partition coefficient (Wildman–Crippen LogP) is 2.29. The zero-order valence-corrected chi connectivity index (χ0v) is 9.26. The maximum atomic E-state index is 10.9. The van der Waals surface area contributed by atoms with Gasteiger partial charge in [0.05, 0.1) is 9.95 Å². The summed E-state index contributed by atoms with van der Waals surface area (Å²) in [4.78, 5) is 17.8. The molecule has 0 bridgehead atoms. The largest absolute Gasteiger partial charge is 0.368 e. The molecule has 0 amide bonds. The number of halogens is 1. The normalized spacial score (nSPS) is 10.2. The molecule has 0 atom stereocenters. The van der Waals surface area contributed by atoms with E-state index < -0.39 is 4.92 Å². The summed E-state index contributed by atoms with van der Waals surface area (Å²) >= 11 is 5.96. The van der Waals surface area contributed by atoms with Crippen LogP contribution in [0.5, 0.6) is 0 Å². The summed E-state index contributed by atoms with van der Waals surface area (Å²) in [5.41, 5.74) is 5.77. The summed E-state index contributed by atoms with van der Waals surface area (Å²) in [5, 5.41) is 11.2. The van der Waals surface area contributed by atoms with E-state index in [0.29, 0.717) is 10.6 Å². The third kappa shape index (κ3) is 2.16. The van der Waals surface area contributed by atoms with Gasteiger partial charge in [-0.25, -0.2) is 9.97 Å². The molecule has 0 aliphatic heterocycles. The SMILES string of the molecule is Nc1ncc([N+](=O)[O-])c(-c2ccccc2Cl)n1. The van der Waals surface area contributed by atoms with Gasteiger partial charge in [-0.05, 0) is 6.07 Å². The second-order valence-corrected chi connectivity index (χ2v) is 3.61. The quantitative estimate of drug-likeness (QED) is 0.652. The zero-order chi connectivity index (χ0) is 12.4. The first-order chi connectivity index (χ1) is 8.09. The van der Waals surface area contributed by atoms with E-state index in [0.717, 1.165) is 6.20 Å². The molecule has 0 unspecified atom stereocenters. The van der Waals surface area contributed by atoms with Crippen molar-refractivity contribution in [2.24, 2.45) is 0 Å². The van der Waals surface area contributed by atoms with Crippen LogP contribution < -0.4 is 5.73 Å². The van der Waals surface area contributed by atoms with Gasteiger partial charge in [-0.3, -0.25) is 10.1 Å². The summed E-state index contributed by atoms with van der Waals surface area (Å²) in [6, 6.07) is 6.70. The number of nitro groups is 1. The van der Waals surface area contributed by atoms with Gasteiger partial charge in [0.1, 0.15) is 6.20 Å². The van der Waals surface area contributed by atoms with Crippen LogP contribution in [0.4, 0.5) is 11.6 Å². The van der Waals surface area contributed by atoms with Crippen LogP contribution in [0.3, 0.4) is 0 Å². The van der Waals surface area contributed by atoms with Crippen LogP contribution in [0, 0.1) is 10.1 Å². The molecule has 6 nitrogen and oxygen atoms in total. The number of hydrogen-bond acceptors (Lipinski definition) is 5. The molecule has 0 saturated carbocycles. The van der Waals surface area contributed by atoms with Crippen LogP contribution in [0.15, 0.2) is 30.5 Å². The predicted molar refractivity (Wildman–Crippen MR) is 63.5 cm³/mol. The molecule has 0 spiro atoms. The minimum absolute atomic E-state index is 0.0366. The van der Waals surface area contributed by atoms with Crippen LogP contribution >= 0.6 is 11.6 Å². The fraction of sp³-hybridized carbons (Fsp3) is 0. The Morgan fingerprint density at radius 2 is 2.06 bits per heavy atom. The molecule has 1 heterocycles. The molecular weight excluding hydrogens is 244 g/mol. The van der Waals surface area contributed by atoms with Crippen molar-refractivity contribution >= 4 is 23.2 Å². The summed E-state index contributed by atoms with van der Waals surface area (Å²) in [5.74, 6) is -0.0366. The topological polar surface area (TPSA) is 94.9 Å². The molecule has 0 saturated heterocycles. The second kappa shape index (κ2) is 4.34. The Labute approximate surface area is 101 Å². The van der Waals surface area contributed by atoms with Gasteiger partial charge in [0.25, 0.3) is 0 Å². The molecule has 17 heavy (non-hydrogen) atoms. The van der Waals surface area contributed by atoms with Gasteiger partial charge in [0, 0.05) is 5.56 Å². The first kappa shape index (κ1) is 11.3. The van der Waals surface area contributed by atoms with Crippen LogP contribution in [-0.2, 0) is 0 Å². The Kier molecular flexibility index (Phi) is 2.88. The Hall–Kier alpha value is -2.21. The van der Waals surface area contributed by atoms with Crippen LogP contribution in [0.25, 0.3) is 11.3 Å². The van der Waals surface area contributed by atoms with E-state index in [9.17, 15) is 10.1 Å². The Bertz CT molecular complexity index is 588. The number of rotatable bonds is 2. The van der Waals surface area contributed by atoms with Crippen LogP contribution in [-0.4, -0.2) is 14.9 Å². The van der Waals surface area contributed by atoms with Crippen molar-refractivity contribution in [2.45, 2.75) is 0 Å². The highest BCUT2D eigenvalue weighted by atomic mass is 35.5. The molecule has 86 valence electrons. The first-order valence-corrected chi connectivity index (χ1v) is 4.99. The summed E-state index contributed by atoms with van der Waals surface area (Å²) in [6.07, 6.45) is 1.07. The van der Waals surface area contributed by atoms with Crippen molar-refractivity contribution < 1.29 is 4.92 Å². The van der Waals surface area contributed by atoms with Crippen molar-refractivity contribution in [3.8, 4) is 11.3 Å². The van der Waals surface area contributed by atoms with Gasteiger partial charge in [-0.2, -0.15) is 0 Å². The van der Waals surface area contributed by atoms with Gasteiger partial charge < -0.3 is 5.73 Å². The van der Waals surface area contributed by atoms with E-state index in [1.807, 2.05) is 0 Å². The lowest BCUT2D eigenvalue weighted by molar-refractivity contribution is -0.384. The maximum absolute atomic E-state index is 10.9. The van der Waals surface area contributed by atoms with E-state index in [1.165, 1.54) is 0 Å². The van der Waals surface area contributed by atoms with Crippen molar-refractivity contribution in [1.29, 1.82) is 0 Å². The van der Waals surface area contributed by atoms with Gasteiger partial charge in [-0.1, -0.05) is 29.8 Å². The van der Waals surface area contributed by atoms with Crippen LogP contribution in [0.2, 0.25) is 5.02 Å². The highest BCUT2D eigenvalue weighted by Crippen LogP contribution is 2.32. The number of nitrogens with zero attached hydrogens (tertiary/aromatic N) is 3. The number of nitrogens with two attached hydrogens (primary N) is 1. The number of hydrogen-bond donors (Lipinski definition) is 1. The number of nitrogen functional groups attached to an aromatic ring is 1. The second-order valence-electron chi connectivity index (χ2n) is 3.20. The third-order valence-electron chi connectivity index (χ3n) is 2.11. The van der Waals surface area contributed by atoms with E-state index >= 15 is 0 Å². The standard InChI is InChI=1S/C10H7ClN4O2/c11-7-4-2-1-3-6(7)9-8(15(16)17)5-13-10(12)14-9/h1-5H,(H2,12,13,14). The molecule has 0 aliphatic carbocycles. The van der Waals surface area contributed by atoms with Crippen molar-refractivity contribution in [3.63, 3.8) is 0 Å². The fourth-order valence-corrected chi connectivity index (χ4v) is 1.60. The third-order valence-corrected chi connectivity index (χ3v) is 2.44. The van der Waals surface area contributed by atoms with Crippen LogP contribution in [0.1, 0.15) is 0 Å². The van der Waals surface area contributed by atoms with Gasteiger partial charge >= 0.3 is 5.69 Å². The smallest absolute Gasteiger partial charge is 0.313 e. The minimum Gasteiger partial charge on any atom is -0.368 e. The molecule has 0 fully saturated rings. The molecule has 0 aliphatic rings.